The van der Waals surface area contributed by atoms with Crippen LogP contribution >= 0.6 is 11.6 Å². The fourth-order valence-corrected chi connectivity index (χ4v) is 4.82. The molecule has 0 fully saturated rings. The van der Waals surface area contributed by atoms with Crippen LogP contribution in [-0.2, 0) is 17.9 Å². The highest BCUT2D eigenvalue weighted by Gasteiger charge is 2.26. The Morgan fingerprint density at radius 3 is 2.57 bits per heavy atom. The molecule has 180 valence electrons. The molecule has 2 aliphatic rings. The predicted molar refractivity (Wildman–Crippen MR) is 138 cm³/mol. The molecule has 6 nitrogen and oxygen atoms in total. The van der Waals surface area contributed by atoms with Crippen LogP contribution in [-0.4, -0.2) is 28.1 Å². The second kappa shape index (κ2) is 10.5. The zero-order chi connectivity index (χ0) is 24.2. The maximum Gasteiger partial charge on any atom is 0.251 e. The number of aromatic nitrogens is 2. The van der Waals surface area contributed by atoms with Gasteiger partial charge in [-0.2, -0.15) is 5.10 Å². The second-order valence-corrected chi connectivity index (χ2v) is 9.60. The average molecular weight is 489 g/mol. The Hall–Kier alpha value is -3.38. The highest BCUT2D eigenvalue weighted by molar-refractivity contribution is 6.30. The van der Waals surface area contributed by atoms with E-state index >= 15 is 0 Å². The van der Waals surface area contributed by atoms with Crippen LogP contribution in [0.4, 0.5) is 5.82 Å². The molecule has 1 aliphatic carbocycles. The van der Waals surface area contributed by atoms with E-state index in [0.29, 0.717) is 36.6 Å². The molecule has 35 heavy (non-hydrogen) atoms. The summed E-state index contributed by atoms with van der Waals surface area (Å²) in [6, 6.07) is 17.0. The Morgan fingerprint density at radius 2 is 1.83 bits per heavy atom. The summed E-state index contributed by atoms with van der Waals surface area (Å²) in [7, 11) is 0. The van der Waals surface area contributed by atoms with Crippen molar-refractivity contribution in [2.24, 2.45) is 0 Å². The van der Waals surface area contributed by atoms with Gasteiger partial charge in [0.15, 0.2) is 0 Å². The first kappa shape index (κ1) is 23.4. The summed E-state index contributed by atoms with van der Waals surface area (Å²) in [6.45, 7) is 1.66. The number of hydrogen-bond acceptors (Lipinski definition) is 3. The number of fused-ring (bicyclic) bond motifs is 1. The van der Waals surface area contributed by atoms with Gasteiger partial charge >= 0.3 is 0 Å². The first-order valence-corrected chi connectivity index (χ1v) is 12.6. The average Bonchev–Trinajstić information content (AvgIpc) is 3.32. The summed E-state index contributed by atoms with van der Waals surface area (Å²) in [5.74, 6) is 0.789. The lowest BCUT2D eigenvalue weighted by Gasteiger charge is -2.27. The number of aryl methyl sites for hydroxylation is 1. The zero-order valence-corrected chi connectivity index (χ0v) is 20.4. The van der Waals surface area contributed by atoms with Crippen LogP contribution in [0.1, 0.15) is 54.4 Å². The van der Waals surface area contributed by atoms with Crippen LogP contribution in [0.5, 0.6) is 0 Å². The van der Waals surface area contributed by atoms with Gasteiger partial charge in [-0.05, 0) is 61.9 Å². The van der Waals surface area contributed by atoms with E-state index in [9.17, 15) is 9.59 Å². The number of nitrogens with zero attached hydrogens (tertiary/aromatic N) is 3. The number of hydrogen-bond donors (Lipinski definition) is 1. The summed E-state index contributed by atoms with van der Waals surface area (Å²) in [5, 5.41) is 8.40. The molecule has 3 aromatic rings. The van der Waals surface area contributed by atoms with Crippen LogP contribution in [0.3, 0.4) is 0 Å². The molecule has 7 heteroatoms. The van der Waals surface area contributed by atoms with Crippen LogP contribution in [0.15, 0.2) is 66.2 Å². The Bertz CT molecular complexity index is 1240. The summed E-state index contributed by atoms with van der Waals surface area (Å²) >= 11 is 6.01. The molecule has 0 unspecified atom stereocenters. The van der Waals surface area contributed by atoms with E-state index in [1.165, 1.54) is 18.4 Å². The molecule has 0 spiro atoms. The number of amides is 2. The van der Waals surface area contributed by atoms with Crippen molar-refractivity contribution in [3.05, 3.63) is 82.4 Å². The van der Waals surface area contributed by atoms with Gasteiger partial charge in [0.1, 0.15) is 5.82 Å². The van der Waals surface area contributed by atoms with Gasteiger partial charge in [-0.1, -0.05) is 47.5 Å². The Kier molecular flexibility index (Phi) is 7.00. The van der Waals surface area contributed by atoms with Crippen LogP contribution < -0.4 is 10.2 Å². The summed E-state index contributed by atoms with van der Waals surface area (Å²) in [6.07, 6.45) is 8.49. The number of rotatable bonds is 7. The molecule has 0 atom stereocenters. The standard InChI is InChI=1S/C28H29ClN4O2/c29-24-12-10-22(11-13-24)25-18-26-32(27(34)15-17-33(26)31-25)19-21-6-8-23(9-7-21)28(35)30-16-14-20-4-2-1-3-5-20/h4,6-13,18H,1-3,5,14-17,19H2,(H,30,35). The lowest BCUT2D eigenvalue weighted by molar-refractivity contribution is -0.119. The highest BCUT2D eigenvalue weighted by Crippen LogP contribution is 2.30. The number of carbonyl (C=O) groups is 2. The molecule has 1 N–H and O–H groups in total. The minimum Gasteiger partial charge on any atom is -0.352 e. The fourth-order valence-electron chi connectivity index (χ4n) is 4.70. The van der Waals surface area contributed by atoms with Crippen molar-refractivity contribution in [1.29, 1.82) is 0 Å². The summed E-state index contributed by atoms with van der Waals surface area (Å²) in [5.41, 5.74) is 4.82. The number of anilines is 1. The third-order valence-electron chi connectivity index (χ3n) is 6.69. The Balaban J connectivity index is 1.24. The lowest BCUT2D eigenvalue weighted by atomic mass is 9.97. The number of allylic oxidation sites excluding steroid dienone is 1. The van der Waals surface area contributed by atoms with Gasteiger partial charge in [0.05, 0.1) is 18.8 Å². The van der Waals surface area contributed by atoms with Crippen molar-refractivity contribution in [2.45, 2.75) is 51.6 Å². The van der Waals surface area contributed by atoms with Crippen molar-refractivity contribution in [3.63, 3.8) is 0 Å². The highest BCUT2D eigenvalue weighted by atomic mass is 35.5. The third kappa shape index (κ3) is 5.49. The largest absolute Gasteiger partial charge is 0.352 e. The number of carbonyl (C=O) groups excluding carboxylic acids is 2. The van der Waals surface area contributed by atoms with E-state index in [4.69, 9.17) is 16.7 Å². The minimum atomic E-state index is -0.0623. The fraction of sp³-hybridized carbons (Fsp3) is 0.321. The van der Waals surface area contributed by atoms with E-state index in [1.54, 1.807) is 4.90 Å². The van der Waals surface area contributed by atoms with Gasteiger partial charge in [0.25, 0.3) is 5.91 Å². The van der Waals surface area contributed by atoms with Gasteiger partial charge in [0, 0.05) is 35.2 Å². The molecule has 2 heterocycles. The molecule has 0 bridgehead atoms. The van der Waals surface area contributed by atoms with Crippen LogP contribution in [0, 0.1) is 0 Å². The van der Waals surface area contributed by atoms with Crippen molar-refractivity contribution in [1.82, 2.24) is 15.1 Å². The molecule has 2 aromatic carbocycles. The number of nitrogens with one attached hydrogen (secondary N) is 1. The van der Waals surface area contributed by atoms with E-state index in [2.05, 4.69) is 11.4 Å². The molecule has 0 saturated heterocycles. The molecule has 0 saturated carbocycles. The van der Waals surface area contributed by atoms with E-state index in [1.807, 2.05) is 59.3 Å². The topological polar surface area (TPSA) is 67.2 Å². The van der Waals surface area contributed by atoms with Gasteiger partial charge < -0.3 is 5.32 Å². The van der Waals surface area contributed by atoms with Crippen molar-refractivity contribution in [2.75, 3.05) is 11.4 Å². The van der Waals surface area contributed by atoms with Crippen LogP contribution in [0.2, 0.25) is 5.02 Å². The van der Waals surface area contributed by atoms with Crippen molar-refractivity contribution >= 4 is 29.2 Å². The van der Waals surface area contributed by atoms with E-state index in [-0.39, 0.29) is 11.8 Å². The molecular weight excluding hydrogens is 460 g/mol. The predicted octanol–water partition coefficient (Wildman–Crippen LogP) is 5.76. The monoisotopic (exact) mass is 488 g/mol. The third-order valence-corrected chi connectivity index (χ3v) is 6.94. The Morgan fingerprint density at radius 1 is 1.03 bits per heavy atom. The summed E-state index contributed by atoms with van der Waals surface area (Å²) in [4.78, 5) is 27.1. The number of benzene rings is 2. The quantitative estimate of drug-likeness (QED) is 0.430. The first-order valence-electron chi connectivity index (χ1n) is 12.3. The molecule has 2 amide bonds. The van der Waals surface area contributed by atoms with Gasteiger partial charge in [-0.3, -0.25) is 14.5 Å². The lowest BCUT2D eigenvalue weighted by Crippen LogP contribution is -2.36. The SMILES string of the molecule is O=C(NCCC1=CCCCC1)c1ccc(CN2C(=O)CCn3nc(-c4ccc(Cl)cc4)cc32)cc1. The zero-order valence-electron chi connectivity index (χ0n) is 19.7. The smallest absolute Gasteiger partial charge is 0.251 e. The molecule has 1 aromatic heterocycles. The summed E-state index contributed by atoms with van der Waals surface area (Å²) < 4.78 is 1.88. The van der Waals surface area contributed by atoms with Gasteiger partial charge in [-0.25, -0.2) is 4.68 Å². The van der Waals surface area contributed by atoms with E-state index in [0.717, 1.165) is 41.9 Å². The molecule has 0 radical (unpaired) electrons. The van der Waals surface area contributed by atoms with Crippen LogP contribution in [0.25, 0.3) is 11.3 Å². The second-order valence-electron chi connectivity index (χ2n) is 9.16. The molecule has 1 aliphatic heterocycles. The van der Waals surface area contributed by atoms with Crippen molar-refractivity contribution in [3.8, 4) is 11.3 Å². The normalized spacial score (nSPS) is 15.5. The first-order chi connectivity index (χ1) is 17.1. The minimum absolute atomic E-state index is 0.0623. The van der Waals surface area contributed by atoms with E-state index < -0.39 is 0 Å². The molecule has 5 rings (SSSR count). The maximum atomic E-state index is 12.8. The van der Waals surface area contributed by atoms with Gasteiger partial charge in [0.2, 0.25) is 5.91 Å². The maximum absolute atomic E-state index is 12.8. The number of halogens is 1. The molecular formula is C28H29ClN4O2. The Labute approximate surface area is 210 Å². The van der Waals surface area contributed by atoms with Gasteiger partial charge in [-0.15, -0.1) is 0 Å². The van der Waals surface area contributed by atoms with Crippen molar-refractivity contribution < 1.29 is 9.59 Å².